The molecule has 3 rings (SSSR count). The second kappa shape index (κ2) is 8.77. The van der Waals surface area contributed by atoms with Crippen LogP contribution in [0.4, 0.5) is 5.69 Å². The molecule has 0 aromatic heterocycles. The zero-order valence-corrected chi connectivity index (χ0v) is 15.7. The smallest absolute Gasteiger partial charge is 0.224 e. The molecule has 2 aromatic carbocycles. The minimum atomic E-state index is -0.203. The van der Waals surface area contributed by atoms with Crippen molar-refractivity contribution in [1.29, 1.82) is 0 Å². The number of halogens is 1. The average Bonchev–Trinajstić information content (AvgIpc) is 2.67. The SMILES string of the molecule is COc1ccc(Cl)cc1NC(=O)CCCC(=O)c1ccc2c(c1)OCCO2. The molecule has 27 heavy (non-hydrogen) atoms. The molecule has 6 nitrogen and oxygen atoms in total. The van der Waals surface area contributed by atoms with Gasteiger partial charge in [0, 0.05) is 23.4 Å². The van der Waals surface area contributed by atoms with Crippen molar-refractivity contribution in [3.8, 4) is 17.2 Å². The maximum absolute atomic E-state index is 12.3. The summed E-state index contributed by atoms with van der Waals surface area (Å²) >= 11 is 5.95. The first-order valence-corrected chi connectivity index (χ1v) is 9.01. The molecule has 0 spiro atoms. The standard InChI is InChI=1S/C20H20ClNO5/c1-25-17-8-6-14(21)12-15(17)22-20(24)4-2-3-16(23)13-5-7-18-19(11-13)27-10-9-26-18/h5-8,11-12H,2-4,9-10H2,1H3,(H,22,24). The van der Waals surface area contributed by atoms with Crippen molar-refractivity contribution in [3.05, 3.63) is 47.0 Å². The number of carbonyl (C=O) groups is 2. The van der Waals surface area contributed by atoms with E-state index in [9.17, 15) is 9.59 Å². The van der Waals surface area contributed by atoms with E-state index in [1.165, 1.54) is 7.11 Å². The van der Waals surface area contributed by atoms with Crippen molar-refractivity contribution in [2.24, 2.45) is 0 Å². The highest BCUT2D eigenvalue weighted by molar-refractivity contribution is 6.31. The number of Topliss-reactive ketones (excluding diaryl/α,β-unsaturated/α-hetero) is 1. The Balaban J connectivity index is 1.51. The van der Waals surface area contributed by atoms with Gasteiger partial charge in [-0.3, -0.25) is 9.59 Å². The maximum atomic E-state index is 12.3. The van der Waals surface area contributed by atoms with Crippen molar-refractivity contribution >= 4 is 29.0 Å². The Morgan fingerprint density at radius 1 is 1.07 bits per heavy atom. The molecule has 7 heteroatoms. The van der Waals surface area contributed by atoms with E-state index in [-0.39, 0.29) is 24.5 Å². The molecule has 0 unspecified atom stereocenters. The Labute approximate surface area is 162 Å². The fourth-order valence-corrected chi connectivity index (χ4v) is 2.93. The summed E-state index contributed by atoms with van der Waals surface area (Å²) in [6.45, 7) is 0.977. The summed E-state index contributed by atoms with van der Waals surface area (Å²) in [6, 6.07) is 10.1. The monoisotopic (exact) mass is 389 g/mol. The van der Waals surface area contributed by atoms with E-state index in [1.807, 2.05) is 0 Å². The van der Waals surface area contributed by atoms with Crippen molar-refractivity contribution in [2.75, 3.05) is 25.6 Å². The number of benzene rings is 2. The predicted octanol–water partition coefficient (Wildman–Crippen LogP) is 4.11. The number of ketones is 1. The highest BCUT2D eigenvalue weighted by Crippen LogP contribution is 2.31. The van der Waals surface area contributed by atoms with Crippen LogP contribution >= 0.6 is 11.6 Å². The quantitative estimate of drug-likeness (QED) is 0.721. The number of methoxy groups -OCH3 is 1. The molecule has 0 bridgehead atoms. The van der Waals surface area contributed by atoms with Crippen LogP contribution in [0.5, 0.6) is 17.2 Å². The number of nitrogens with one attached hydrogen (secondary N) is 1. The van der Waals surface area contributed by atoms with Gasteiger partial charge in [-0.1, -0.05) is 11.6 Å². The average molecular weight is 390 g/mol. The van der Waals surface area contributed by atoms with Crippen LogP contribution in [0.25, 0.3) is 0 Å². The summed E-state index contributed by atoms with van der Waals surface area (Å²) in [5.74, 6) is 1.51. The molecule has 1 aliphatic heterocycles. The number of ether oxygens (including phenoxy) is 3. The third-order valence-electron chi connectivity index (χ3n) is 4.11. The summed E-state index contributed by atoms with van der Waals surface area (Å²) in [7, 11) is 1.52. The minimum absolute atomic E-state index is 0.0416. The van der Waals surface area contributed by atoms with Crippen molar-refractivity contribution in [1.82, 2.24) is 0 Å². The van der Waals surface area contributed by atoms with Gasteiger partial charge in [0.05, 0.1) is 12.8 Å². The van der Waals surface area contributed by atoms with Gasteiger partial charge in [-0.25, -0.2) is 0 Å². The molecule has 0 saturated carbocycles. The molecule has 0 aliphatic carbocycles. The summed E-state index contributed by atoms with van der Waals surface area (Å²) in [5.41, 5.74) is 1.06. The topological polar surface area (TPSA) is 73.9 Å². The number of amides is 1. The lowest BCUT2D eigenvalue weighted by molar-refractivity contribution is -0.116. The summed E-state index contributed by atoms with van der Waals surface area (Å²) in [5, 5.41) is 3.26. The summed E-state index contributed by atoms with van der Waals surface area (Å²) < 4.78 is 16.1. The number of fused-ring (bicyclic) bond motifs is 1. The number of hydrogen-bond donors (Lipinski definition) is 1. The van der Waals surface area contributed by atoms with Gasteiger partial charge < -0.3 is 19.5 Å². The summed E-state index contributed by atoms with van der Waals surface area (Å²) in [6.07, 6.45) is 0.910. The lowest BCUT2D eigenvalue weighted by Crippen LogP contribution is -2.16. The molecule has 1 N–H and O–H groups in total. The first kappa shape index (κ1) is 19.0. The first-order chi connectivity index (χ1) is 13.1. The second-order valence-corrected chi connectivity index (χ2v) is 6.46. The molecule has 0 saturated heterocycles. The summed E-state index contributed by atoms with van der Waals surface area (Å²) in [4.78, 5) is 24.5. The highest BCUT2D eigenvalue weighted by atomic mass is 35.5. The fourth-order valence-electron chi connectivity index (χ4n) is 2.76. The number of carbonyl (C=O) groups excluding carboxylic acids is 2. The van der Waals surface area contributed by atoms with Crippen LogP contribution in [0.1, 0.15) is 29.6 Å². The van der Waals surface area contributed by atoms with E-state index < -0.39 is 0 Å². The van der Waals surface area contributed by atoms with Crippen molar-refractivity contribution in [3.63, 3.8) is 0 Å². The first-order valence-electron chi connectivity index (χ1n) is 8.63. The van der Waals surface area contributed by atoms with Crippen LogP contribution < -0.4 is 19.5 Å². The Morgan fingerprint density at radius 3 is 2.63 bits per heavy atom. The second-order valence-electron chi connectivity index (χ2n) is 6.03. The van der Waals surface area contributed by atoms with E-state index in [0.29, 0.717) is 53.2 Å². The molecule has 1 heterocycles. The third kappa shape index (κ3) is 4.92. The Hall–Kier alpha value is -2.73. The Bertz CT molecular complexity index is 852. The van der Waals surface area contributed by atoms with Gasteiger partial charge in [0.2, 0.25) is 5.91 Å². The van der Waals surface area contributed by atoms with Crippen LogP contribution in [-0.2, 0) is 4.79 Å². The van der Waals surface area contributed by atoms with E-state index in [4.69, 9.17) is 25.8 Å². The zero-order valence-electron chi connectivity index (χ0n) is 14.9. The van der Waals surface area contributed by atoms with Crippen molar-refractivity contribution < 1.29 is 23.8 Å². The number of rotatable bonds is 7. The van der Waals surface area contributed by atoms with Gasteiger partial charge in [-0.2, -0.15) is 0 Å². The molecule has 0 atom stereocenters. The normalized spacial score (nSPS) is 12.4. The van der Waals surface area contributed by atoms with Gasteiger partial charge >= 0.3 is 0 Å². The number of hydrogen-bond acceptors (Lipinski definition) is 5. The molecule has 2 aromatic rings. The van der Waals surface area contributed by atoms with Crippen LogP contribution in [0, 0.1) is 0 Å². The molecular formula is C20H20ClNO5. The predicted molar refractivity (Wildman–Crippen MR) is 102 cm³/mol. The van der Waals surface area contributed by atoms with Gasteiger partial charge in [0.1, 0.15) is 19.0 Å². The van der Waals surface area contributed by atoms with Gasteiger partial charge in [0.15, 0.2) is 17.3 Å². The van der Waals surface area contributed by atoms with Crippen LogP contribution in [0.15, 0.2) is 36.4 Å². The Kier molecular flexibility index (Phi) is 6.19. The van der Waals surface area contributed by atoms with E-state index in [1.54, 1.807) is 36.4 Å². The van der Waals surface area contributed by atoms with E-state index >= 15 is 0 Å². The fraction of sp³-hybridized carbons (Fsp3) is 0.300. The highest BCUT2D eigenvalue weighted by Gasteiger charge is 2.15. The number of anilines is 1. The largest absolute Gasteiger partial charge is 0.495 e. The van der Waals surface area contributed by atoms with Crippen LogP contribution in [-0.4, -0.2) is 32.0 Å². The van der Waals surface area contributed by atoms with Gasteiger partial charge in [-0.15, -0.1) is 0 Å². The molecule has 1 amide bonds. The van der Waals surface area contributed by atoms with E-state index in [0.717, 1.165) is 0 Å². The molecule has 0 fully saturated rings. The molecule has 1 aliphatic rings. The van der Waals surface area contributed by atoms with Gasteiger partial charge in [-0.05, 0) is 42.8 Å². The lowest BCUT2D eigenvalue weighted by Gasteiger charge is -2.18. The van der Waals surface area contributed by atoms with Crippen LogP contribution in [0.3, 0.4) is 0 Å². The van der Waals surface area contributed by atoms with Crippen LogP contribution in [0.2, 0.25) is 5.02 Å². The van der Waals surface area contributed by atoms with E-state index in [2.05, 4.69) is 5.32 Å². The molecule has 142 valence electrons. The van der Waals surface area contributed by atoms with Gasteiger partial charge in [0.25, 0.3) is 0 Å². The maximum Gasteiger partial charge on any atom is 0.224 e. The van der Waals surface area contributed by atoms with Crippen molar-refractivity contribution in [2.45, 2.75) is 19.3 Å². The zero-order chi connectivity index (χ0) is 19.2. The third-order valence-corrected chi connectivity index (χ3v) is 4.34. The minimum Gasteiger partial charge on any atom is -0.495 e. The molecular weight excluding hydrogens is 370 g/mol. The molecule has 0 radical (unpaired) electrons. The Morgan fingerprint density at radius 2 is 1.85 bits per heavy atom. The lowest BCUT2D eigenvalue weighted by atomic mass is 10.0.